The maximum Gasteiger partial charge on any atom is 0.175 e. The van der Waals surface area contributed by atoms with Crippen LogP contribution in [0.2, 0.25) is 0 Å². The van der Waals surface area contributed by atoms with E-state index >= 15 is 0 Å². The Morgan fingerprint density at radius 2 is 1.95 bits per heavy atom. The van der Waals surface area contributed by atoms with Gasteiger partial charge in [0.2, 0.25) is 0 Å². The summed E-state index contributed by atoms with van der Waals surface area (Å²) >= 11 is 0. The summed E-state index contributed by atoms with van der Waals surface area (Å²) in [6.07, 6.45) is 3.93. The summed E-state index contributed by atoms with van der Waals surface area (Å²) in [6, 6.07) is 6.63. The van der Waals surface area contributed by atoms with Gasteiger partial charge in [-0.3, -0.25) is 0 Å². The molecule has 0 unspecified atom stereocenters. The first kappa shape index (κ1) is 14.7. The summed E-state index contributed by atoms with van der Waals surface area (Å²) in [4.78, 5) is 0.298. The second kappa shape index (κ2) is 6.19. The zero-order valence-electron chi connectivity index (χ0n) is 11.6. The monoisotopic (exact) mass is 294 g/mol. The highest BCUT2D eigenvalue weighted by Gasteiger charge is 2.12. The fraction of sp³-hybridized carbons (Fsp3) is 0.357. The van der Waals surface area contributed by atoms with Crippen LogP contribution in [-0.2, 0) is 16.4 Å². The van der Waals surface area contributed by atoms with E-state index in [9.17, 15) is 8.42 Å². The van der Waals surface area contributed by atoms with Crippen molar-refractivity contribution in [2.75, 3.05) is 12.8 Å². The van der Waals surface area contributed by atoms with Crippen molar-refractivity contribution in [1.29, 1.82) is 0 Å². The molecule has 1 aromatic carbocycles. The van der Waals surface area contributed by atoms with Crippen molar-refractivity contribution < 1.29 is 12.9 Å². The van der Waals surface area contributed by atoms with Crippen molar-refractivity contribution >= 4 is 9.84 Å². The minimum Gasteiger partial charge on any atom is -0.356 e. The van der Waals surface area contributed by atoms with Crippen molar-refractivity contribution in [2.24, 2.45) is 0 Å². The van der Waals surface area contributed by atoms with E-state index in [1.807, 2.05) is 0 Å². The number of benzene rings is 1. The molecule has 0 aliphatic carbocycles. The average Bonchev–Trinajstić information content (AvgIpc) is 2.87. The molecule has 1 aromatic heterocycles. The number of hydrogen-bond acceptors (Lipinski definition) is 5. The number of rotatable bonds is 6. The Kier molecular flexibility index (Phi) is 4.57. The van der Waals surface area contributed by atoms with Crippen LogP contribution in [0.5, 0.6) is 0 Å². The Morgan fingerprint density at radius 3 is 2.55 bits per heavy atom. The molecule has 0 saturated carbocycles. The Morgan fingerprint density at radius 1 is 1.25 bits per heavy atom. The summed E-state index contributed by atoms with van der Waals surface area (Å²) < 4.78 is 28.1. The molecule has 1 N–H and O–H groups in total. The van der Waals surface area contributed by atoms with Crippen molar-refractivity contribution in [1.82, 2.24) is 10.5 Å². The van der Waals surface area contributed by atoms with Gasteiger partial charge in [0.1, 0.15) is 0 Å². The molecule has 1 heterocycles. The van der Waals surface area contributed by atoms with Gasteiger partial charge in [-0.1, -0.05) is 12.1 Å². The number of sulfone groups is 1. The molecule has 0 aliphatic rings. The van der Waals surface area contributed by atoms with Crippen LogP contribution in [0.4, 0.5) is 0 Å². The Bertz CT molecular complexity index is 660. The maximum absolute atomic E-state index is 11.4. The summed E-state index contributed by atoms with van der Waals surface area (Å²) in [5, 5.41) is 7.10. The number of nitrogens with zero attached hydrogens (tertiary/aromatic N) is 1. The third-order valence-corrected chi connectivity index (χ3v) is 4.06. The van der Waals surface area contributed by atoms with Crippen LogP contribution in [-0.4, -0.2) is 26.4 Å². The Labute approximate surface area is 118 Å². The second-order valence-corrected chi connectivity index (χ2v) is 6.67. The number of nitrogens with one attached hydrogen (secondary N) is 1. The highest BCUT2D eigenvalue weighted by Crippen LogP contribution is 2.24. The molecule has 0 radical (unpaired) electrons. The van der Waals surface area contributed by atoms with E-state index in [4.69, 9.17) is 4.52 Å². The SMILES string of the molecule is CCCNCc1cnoc1-c1ccc(S(C)(=O)=O)cc1. The molecule has 0 bridgehead atoms. The smallest absolute Gasteiger partial charge is 0.175 e. The van der Waals surface area contributed by atoms with Gasteiger partial charge in [0.25, 0.3) is 0 Å². The first-order valence-electron chi connectivity index (χ1n) is 6.47. The summed E-state index contributed by atoms with van der Waals surface area (Å²) in [5.74, 6) is 0.675. The van der Waals surface area contributed by atoms with E-state index < -0.39 is 9.84 Å². The van der Waals surface area contributed by atoms with Gasteiger partial charge in [-0.25, -0.2) is 8.42 Å². The van der Waals surface area contributed by atoms with Gasteiger partial charge in [-0.15, -0.1) is 0 Å². The van der Waals surface area contributed by atoms with Crippen LogP contribution in [0, 0.1) is 0 Å². The first-order valence-corrected chi connectivity index (χ1v) is 8.36. The molecule has 20 heavy (non-hydrogen) atoms. The molecule has 0 saturated heterocycles. The Hall–Kier alpha value is -1.66. The minimum atomic E-state index is -3.17. The van der Waals surface area contributed by atoms with Crippen LogP contribution in [0.25, 0.3) is 11.3 Å². The largest absolute Gasteiger partial charge is 0.356 e. The predicted octanol–water partition coefficient (Wildman–Crippen LogP) is 2.24. The van der Waals surface area contributed by atoms with Gasteiger partial charge in [0, 0.05) is 23.9 Å². The summed E-state index contributed by atoms with van der Waals surface area (Å²) in [5.41, 5.74) is 1.79. The lowest BCUT2D eigenvalue weighted by atomic mass is 10.1. The maximum atomic E-state index is 11.4. The van der Waals surface area contributed by atoms with Crippen molar-refractivity contribution in [3.05, 3.63) is 36.0 Å². The molecule has 0 fully saturated rings. The van der Waals surface area contributed by atoms with Crippen molar-refractivity contribution in [3.63, 3.8) is 0 Å². The van der Waals surface area contributed by atoms with Crippen LogP contribution >= 0.6 is 0 Å². The quantitative estimate of drug-likeness (QED) is 0.827. The predicted molar refractivity (Wildman–Crippen MR) is 77.0 cm³/mol. The molecule has 5 nitrogen and oxygen atoms in total. The van der Waals surface area contributed by atoms with Crippen LogP contribution in [0.3, 0.4) is 0 Å². The molecular formula is C14H18N2O3S. The zero-order valence-corrected chi connectivity index (χ0v) is 12.4. The second-order valence-electron chi connectivity index (χ2n) is 4.65. The standard InChI is InChI=1S/C14H18N2O3S/c1-3-8-15-9-12-10-16-19-14(12)11-4-6-13(7-5-11)20(2,17)18/h4-7,10,15H,3,8-9H2,1-2H3. The first-order chi connectivity index (χ1) is 9.52. The molecule has 2 rings (SSSR count). The van der Waals surface area contributed by atoms with Crippen LogP contribution in [0.1, 0.15) is 18.9 Å². The van der Waals surface area contributed by atoms with E-state index in [0.717, 1.165) is 24.1 Å². The lowest BCUT2D eigenvalue weighted by Crippen LogP contribution is -2.13. The molecule has 0 spiro atoms. The summed E-state index contributed by atoms with van der Waals surface area (Å²) in [6.45, 7) is 3.71. The lowest BCUT2D eigenvalue weighted by molar-refractivity contribution is 0.431. The molecular weight excluding hydrogens is 276 g/mol. The molecule has 0 aliphatic heterocycles. The fourth-order valence-electron chi connectivity index (χ4n) is 1.88. The molecule has 0 amide bonds. The fourth-order valence-corrected chi connectivity index (χ4v) is 2.51. The van der Waals surface area contributed by atoms with E-state index in [-0.39, 0.29) is 0 Å². The molecule has 0 atom stereocenters. The lowest BCUT2D eigenvalue weighted by Gasteiger charge is -2.04. The van der Waals surface area contributed by atoms with E-state index in [1.54, 1.807) is 30.5 Å². The van der Waals surface area contributed by atoms with Gasteiger partial charge in [-0.2, -0.15) is 0 Å². The van der Waals surface area contributed by atoms with Gasteiger partial charge in [0.15, 0.2) is 15.6 Å². The summed E-state index contributed by atoms with van der Waals surface area (Å²) in [7, 11) is -3.17. The topological polar surface area (TPSA) is 72.2 Å². The highest BCUT2D eigenvalue weighted by molar-refractivity contribution is 7.90. The number of hydrogen-bond donors (Lipinski definition) is 1. The Balaban J connectivity index is 2.22. The van der Waals surface area contributed by atoms with Crippen molar-refractivity contribution in [3.8, 4) is 11.3 Å². The molecule has 108 valence electrons. The van der Waals surface area contributed by atoms with Crippen LogP contribution < -0.4 is 5.32 Å². The van der Waals surface area contributed by atoms with E-state index in [0.29, 0.717) is 17.2 Å². The third kappa shape index (κ3) is 3.46. The minimum absolute atomic E-state index is 0.298. The van der Waals surface area contributed by atoms with Crippen LogP contribution in [0.15, 0.2) is 39.9 Å². The van der Waals surface area contributed by atoms with Gasteiger partial charge in [0.05, 0.1) is 11.1 Å². The molecule has 2 aromatic rings. The van der Waals surface area contributed by atoms with Gasteiger partial charge in [-0.05, 0) is 37.2 Å². The van der Waals surface area contributed by atoms with Crippen molar-refractivity contribution in [2.45, 2.75) is 24.8 Å². The zero-order chi connectivity index (χ0) is 14.6. The average molecular weight is 294 g/mol. The molecule has 6 heteroatoms. The van der Waals surface area contributed by atoms with E-state index in [1.165, 1.54) is 6.26 Å². The number of aromatic nitrogens is 1. The van der Waals surface area contributed by atoms with E-state index in [2.05, 4.69) is 17.4 Å². The third-order valence-electron chi connectivity index (χ3n) is 2.93. The van der Waals surface area contributed by atoms with Gasteiger partial charge >= 0.3 is 0 Å². The van der Waals surface area contributed by atoms with Gasteiger partial charge < -0.3 is 9.84 Å². The highest BCUT2D eigenvalue weighted by atomic mass is 32.2. The normalized spacial score (nSPS) is 11.7.